The number of carboxylic acids is 1. The number of piperidine rings is 1. The molecule has 2 aliphatic heterocycles. The van der Waals surface area contributed by atoms with Crippen LogP contribution in [0.3, 0.4) is 0 Å². The lowest BCUT2D eigenvalue weighted by Crippen LogP contribution is -2.45. The van der Waals surface area contributed by atoms with Gasteiger partial charge in [0.25, 0.3) is 0 Å². The zero-order valence-electron chi connectivity index (χ0n) is 10.5. The molecule has 1 unspecified atom stereocenters. The molecule has 2 atom stereocenters. The minimum Gasteiger partial charge on any atom is -0.481 e. The molecule has 6 heteroatoms. The molecule has 18 heavy (non-hydrogen) atoms. The van der Waals surface area contributed by atoms with Crippen LogP contribution >= 0.6 is 0 Å². The predicted molar refractivity (Wildman–Crippen MR) is 62.7 cm³/mol. The normalized spacial score (nSPS) is 28.6. The Morgan fingerprint density at radius 2 is 2.00 bits per heavy atom. The first-order valence-corrected chi connectivity index (χ1v) is 6.24. The molecule has 0 radical (unpaired) electrons. The zero-order chi connectivity index (χ0) is 13.3. The molecule has 2 rings (SSSR count). The number of hydrogen-bond acceptors (Lipinski definition) is 3. The van der Waals surface area contributed by atoms with Crippen molar-refractivity contribution in [1.29, 1.82) is 0 Å². The van der Waals surface area contributed by atoms with Crippen molar-refractivity contribution >= 4 is 17.8 Å². The van der Waals surface area contributed by atoms with Crippen LogP contribution in [0, 0.1) is 11.8 Å². The van der Waals surface area contributed by atoms with Crippen LogP contribution in [0.25, 0.3) is 0 Å². The second-order valence-electron chi connectivity index (χ2n) is 5.14. The Morgan fingerprint density at radius 1 is 1.28 bits per heavy atom. The summed E-state index contributed by atoms with van der Waals surface area (Å²) in [6.45, 7) is 1.34. The summed E-state index contributed by atoms with van der Waals surface area (Å²) in [4.78, 5) is 37.7. The molecular formula is C12H18N2O4. The van der Waals surface area contributed by atoms with E-state index in [0.717, 1.165) is 6.42 Å². The van der Waals surface area contributed by atoms with E-state index in [1.54, 1.807) is 16.8 Å². The lowest BCUT2D eigenvalue weighted by Gasteiger charge is -2.32. The van der Waals surface area contributed by atoms with Gasteiger partial charge in [-0.1, -0.05) is 0 Å². The quantitative estimate of drug-likeness (QED) is 0.739. The summed E-state index contributed by atoms with van der Waals surface area (Å²) in [6, 6.07) is 0. The van der Waals surface area contributed by atoms with E-state index in [1.165, 1.54) is 0 Å². The predicted octanol–water partition coefficient (Wildman–Crippen LogP) is -0.212. The maximum absolute atomic E-state index is 12.2. The van der Waals surface area contributed by atoms with Crippen molar-refractivity contribution in [2.75, 3.05) is 26.7 Å². The Balaban J connectivity index is 1.97. The smallest absolute Gasteiger partial charge is 0.308 e. The summed E-state index contributed by atoms with van der Waals surface area (Å²) in [5, 5.41) is 8.99. The molecule has 2 aliphatic rings. The monoisotopic (exact) mass is 254 g/mol. The average Bonchev–Trinajstić information content (AvgIpc) is 2.69. The van der Waals surface area contributed by atoms with Gasteiger partial charge in [0, 0.05) is 33.1 Å². The first-order valence-electron chi connectivity index (χ1n) is 6.24. The molecule has 0 aromatic heterocycles. The summed E-state index contributed by atoms with van der Waals surface area (Å²) in [7, 11) is 1.69. The first kappa shape index (κ1) is 12.9. The van der Waals surface area contributed by atoms with Crippen LogP contribution in [0.2, 0.25) is 0 Å². The van der Waals surface area contributed by atoms with Crippen molar-refractivity contribution in [3.05, 3.63) is 0 Å². The highest BCUT2D eigenvalue weighted by molar-refractivity contribution is 5.89. The summed E-state index contributed by atoms with van der Waals surface area (Å²) in [5.41, 5.74) is 0. The van der Waals surface area contributed by atoms with Crippen LogP contribution in [-0.2, 0) is 14.4 Å². The standard InChI is InChI=1S/C12H18N2O4/c1-13-6-9(5-10(13)15)11(16)14-4-2-3-8(7-14)12(17)18/h8-9H,2-7H2,1H3,(H,17,18)/t8-,9?/m1/s1. The van der Waals surface area contributed by atoms with Gasteiger partial charge in [-0.05, 0) is 12.8 Å². The molecule has 2 fully saturated rings. The topological polar surface area (TPSA) is 77.9 Å². The van der Waals surface area contributed by atoms with Crippen LogP contribution in [0.4, 0.5) is 0 Å². The number of rotatable bonds is 2. The summed E-state index contributed by atoms with van der Waals surface area (Å²) < 4.78 is 0. The Morgan fingerprint density at radius 3 is 2.56 bits per heavy atom. The van der Waals surface area contributed by atoms with E-state index >= 15 is 0 Å². The molecule has 1 N–H and O–H groups in total. The minimum atomic E-state index is -0.841. The number of hydrogen-bond donors (Lipinski definition) is 1. The van der Waals surface area contributed by atoms with Crippen molar-refractivity contribution in [3.8, 4) is 0 Å². The van der Waals surface area contributed by atoms with Crippen LogP contribution < -0.4 is 0 Å². The highest BCUT2D eigenvalue weighted by Gasteiger charge is 2.37. The molecule has 0 aromatic carbocycles. The fraction of sp³-hybridized carbons (Fsp3) is 0.750. The van der Waals surface area contributed by atoms with E-state index in [1.807, 2.05) is 0 Å². The highest BCUT2D eigenvalue weighted by atomic mass is 16.4. The van der Waals surface area contributed by atoms with Gasteiger partial charge in [-0.15, -0.1) is 0 Å². The van der Waals surface area contributed by atoms with Crippen LogP contribution in [-0.4, -0.2) is 59.4 Å². The molecule has 0 aromatic rings. The minimum absolute atomic E-state index is 0.0138. The number of aliphatic carboxylic acids is 1. The largest absolute Gasteiger partial charge is 0.481 e. The molecule has 100 valence electrons. The van der Waals surface area contributed by atoms with Crippen LogP contribution in [0.5, 0.6) is 0 Å². The van der Waals surface area contributed by atoms with Gasteiger partial charge in [-0.3, -0.25) is 14.4 Å². The lowest BCUT2D eigenvalue weighted by atomic mass is 9.96. The first-order chi connectivity index (χ1) is 8.49. The molecule has 0 saturated carbocycles. The second kappa shape index (κ2) is 4.96. The van der Waals surface area contributed by atoms with Gasteiger partial charge in [0.05, 0.1) is 11.8 Å². The number of amides is 2. The zero-order valence-corrected chi connectivity index (χ0v) is 10.5. The molecule has 0 spiro atoms. The number of carboxylic acid groups (broad SMARTS) is 1. The summed E-state index contributed by atoms with van der Waals surface area (Å²) in [6.07, 6.45) is 1.60. The van der Waals surface area contributed by atoms with Gasteiger partial charge in [-0.25, -0.2) is 0 Å². The summed E-state index contributed by atoms with van der Waals surface area (Å²) >= 11 is 0. The Kier molecular flexibility index (Phi) is 3.54. The number of nitrogens with zero attached hydrogens (tertiary/aromatic N) is 2. The van der Waals surface area contributed by atoms with E-state index in [2.05, 4.69) is 0 Å². The maximum Gasteiger partial charge on any atom is 0.308 e. The third-order valence-electron chi connectivity index (χ3n) is 3.77. The average molecular weight is 254 g/mol. The van der Waals surface area contributed by atoms with E-state index in [0.29, 0.717) is 19.5 Å². The Bertz CT molecular complexity index is 382. The lowest BCUT2D eigenvalue weighted by molar-refractivity contribution is -0.146. The van der Waals surface area contributed by atoms with E-state index in [4.69, 9.17) is 5.11 Å². The van der Waals surface area contributed by atoms with Gasteiger partial charge >= 0.3 is 5.97 Å². The van der Waals surface area contributed by atoms with E-state index in [-0.39, 0.29) is 30.7 Å². The van der Waals surface area contributed by atoms with Crippen molar-refractivity contribution in [1.82, 2.24) is 9.80 Å². The van der Waals surface area contributed by atoms with Gasteiger partial charge in [0.15, 0.2) is 0 Å². The second-order valence-corrected chi connectivity index (χ2v) is 5.14. The van der Waals surface area contributed by atoms with Gasteiger partial charge in [-0.2, -0.15) is 0 Å². The molecule has 2 saturated heterocycles. The SMILES string of the molecule is CN1CC(C(=O)N2CCC[C@@H](C(=O)O)C2)CC1=O. The molecule has 2 amide bonds. The van der Waals surface area contributed by atoms with Gasteiger partial charge < -0.3 is 14.9 Å². The van der Waals surface area contributed by atoms with Gasteiger partial charge in [0.2, 0.25) is 11.8 Å². The number of carbonyl (C=O) groups excluding carboxylic acids is 2. The fourth-order valence-electron chi connectivity index (χ4n) is 2.67. The van der Waals surface area contributed by atoms with Crippen molar-refractivity contribution in [2.45, 2.75) is 19.3 Å². The number of likely N-dealkylation sites (tertiary alicyclic amines) is 2. The van der Waals surface area contributed by atoms with E-state index < -0.39 is 11.9 Å². The molecule has 6 nitrogen and oxygen atoms in total. The van der Waals surface area contributed by atoms with Crippen molar-refractivity contribution in [3.63, 3.8) is 0 Å². The van der Waals surface area contributed by atoms with Crippen molar-refractivity contribution < 1.29 is 19.5 Å². The third kappa shape index (κ3) is 2.47. The van der Waals surface area contributed by atoms with Crippen LogP contribution in [0.1, 0.15) is 19.3 Å². The third-order valence-corrected chi connectivity index (χ3v) is 3.77. The fourth-order valence-corrected chi connectivity index (χ4v) is 2.67. The van der Waals surface area contributed by atoms with Crippen LogP contribution in [0.15, 0.2) is 0 Å². The molecule has 2 heterocycles. The Hall–Kier alpha value is -1.59. The highest BCUT2D eigenvalue weighted by Crippen LogP contribution is 2.23. The van der Waals surface area contributed by atoms with Crippen molar-refractivity contribution in [2.24, 2.45) is 11.8 Å². The summed E-state index contributed by atoms with van der Waals surface area (Å²) in [5.74, 6) is -1.68. The van der Waals surface area contributed by atoms with Gasteiger partial charge in [0.1, 0.15) is 0 Å². The maximum atomic E-state index is 12.2. The van der Waals surface area contributed by atoms with E-state index in [9.17, 15) is 14.4 Å². The molecule has 0 bridgehead atoms. The Labute approximate surface area is 106 Å². The molecular weight excluding hydrogens is 236 g/mol. The molecule has 0 aliphatic carbocycles. The number of carbonyl (C=O) groups is 3.